The van der Waals surface area contributed by atoms with Gasteiger partial charge < -0.3 is 9.88 Å². The van der Waals surface area contributed by atoms with E-state index in [4.69, 9.17) is 0 Å². The van der Waals surface area contributed by atoms with Crippen molar-refractivity contribution >= 4 is 28.6 Å². The number of hydrogen-bond donors (Lipinski definition) is 1. The fraction of sp³-hybridized carbons (Fsp3) is 0.393. The van der Waals surface area contributed by atoms with Crippen LogP contribution in [0.25, 0.3) is 22.2 Å². The van der Waals surface area contributed by atoms with Crippen LogP contribution in [0.3, 0.4) is 0 Å². The third-order valence-electron chi connectivity index (χ3n) is 7.58. The van der Waals surface area contributed by atoms with Gasteiger partial charge in [0.2, 0.25) is 5.95 Å². The molecular weight excluding hydrogens is 488 g/mol. The minimum absolute atomic E-state index is 0.0711. The lowest BCUT2D eigenvalue weighted by molar-refractivity contribution is -0.127. The van der Waals surface area contributed by atoms with Crippen molar-refractivity contribution in [3.63, 3.8) is 0 Å². The van der Waals surface area contributed by atoms with Crippen molar-refractivity contribution in [2.75, 3.05) is 18.4 Å². The summed E-state index contributed by atoms with van der Waals surface area (Å²) in [5.74, 6) is 1.05. The van der Waals surface area contributed by atoms with Crippen molar-refractivity contribution in [1.82, 2.24) is 29.4 Å². The number of Topliss-reactive ketones (excluding diaryl/α,β-unsaturated/α-hetero) is 1. The van der Waals surface area contributed by atoms with Crippen molar-refractivity contribution in [1.29, 1.82) is 0 Å². The number of ketones is 1. The molecule has 2 bridgehead atoms. The molecule has 4 heterocycles. The first-order valence-corrected chi connectivity index (χ1v) is 12.9. The van der Waals surface area contributed by atoms with E-state index in [1.165, 1.54) is 12.1 Å². The molecule has 1 saturated carbocycles. The molecule has 2 aliphatic rings. The summed E-state index contributed by atoms with van der Waals surface area (Å²) in [6.07, 6.45) is 6.58. The Kier molecular flexibility index (Phi) is 6.14. The summed E-state index contributed by atoms with van der Waals surface area (Å²) in [6.45, 7) is 8.10. The van der Waals surface area contributed by atoms with E-state index in [0.29, 0.717) is 41.0 Å². The summed E-state index contributed by atoms with van der Waals surface area (Å²) in [6, 6.07) is 4.65. The molecular formula is C28H29F2N7O. The predicted octanol–water partition coefficient (Wildman–Crippen LogP) is 5.21. The lowest BCUT2D eigenvalue weighted by Crippen LogP contribution is -2.41. The maximum absolute atomic E-state index is 15.0. The Morgan fingerprint density at radius 1 is 1.00 bits per heavy atom. The summed E-state index contributed by atoms with van der Waals surface area (Å²) in [5.41, 5.74) is 2.44. The largest absolute Gasteiger partial charge is 0.326 e. The van der Waals surface area contributed by atoms with Crippen molar-refractivity contribution in [2.24, 2.45) is 11.8 Å². The number of imidazole rings is 1. The highest BCUT2D eigenvalue weighted by molar-refractivity contribution is 5.86. The first kappa shape index (κ1) is 24.5. The standard InChI is InChI=1S/C28H29F2N7O/c1-15(2)37-16(3)34-26-22(29)6-20(7-24(26)37)21-8-25(31-11-23(21)30)35-28-32-9-17(10-33-28)12-36-13-18-4-5-19(14-36)27(18)38/h6-11,15,18-19H,4-5,12-14H2,1-3H3,(H,31,32,33,35). The Morgan fingerprint density at radius 2 is 1.71 bits per heavy atom. The normalized spacial score (nSPS) is 19.6. The van der Waals surface area contributed by atoms with E-state index in [0.717, 1.165) is 37.7 Å². The summed E-state index contributed by atoms with van der Waals surface area (Å²) in [5, 5.41) is 3.02. The highest BCUT2D eigenvalue weighted by Gasteiger charge is 2.40. The van der Waals surface area contributed by atoms with Gasteiger partial charge in [0.25, 0.3) is 0 Å². The van der Waals surface area contributed by atoms with Crippen LogP contribution in [0.5, 0.6) is 0 Å². The Balaban J connectivity index is 1.21. The molecule has 1 aromatic carbocycles. The minimum atomic E-state index is -0.563. The topological polar surface area (TPSA) is 88.8 Å². The van der Waals surface area contributed by atoms with Gasteiger partial charge >= 0.3 is 0 Å². The van der Waals surface area contributed by atoms with E-state index in [-0.39, 0.29) is 29.0 Å². The number of carbonyl (C=O) groups is 1. The van der Waals surface area contributed by atoms with E-state index in [1.807, 2.05) is 25.3 Å². The van der Waals surface area contributed by atoms with Crippen molar-refractivity contribution in [2.45, 2.75) is 46.2 Å². The molecule has 4 aromatic rings. The summed E-state index contributed by atoms with van der Waals surface area (Å²) in [7, 11) is 0. The number of nitrogens with one attached hydrogen (secondary N) is 1. The first-order chi connectivity index (χ1) is 18.3. The average Bonchev–Trinajstić information content (AvgIpc) is 3.31. The van der Waals surface area contributed by atoms with E-state index < -0.39 is 11.6 Å². The molecule has 6 rings (SSSR count). The Bertz CT molecular complexity index is 1520. The highest BCUT2D eigenvalue weighted by Crippen LogP contribution is 2.34. The predicted molar refractivity (Wildman–Crippen MR) is 140 cm³/mol. The third-order valence-corrected chi connectivity index (χ3v) is 7.58. The lowest BCUT2D eigenvalue weighted by atomic mass is 9.97. The van der Waals surface area contributed by atoms with E-state index >= 15 is 0 Å². The number of rotatable bonds is 6. The van der Waals surface area contributed by atoms with Gasteiger partial charge in [0.15, 0.2) is 5.82 Å². The Morgan fingerprint density at radius 3 is 2.39 bits per heavy atom. The SMILES string of the molecule is Cc1nc2c(F)cc(-c3cc(Nc4ncc(CN5CC6CCC(C5)C6=O)cn4)ncc3F)cc2n1C(C)C. The Labute approximate surface area is 219 Å². The second-order valence-electron chi connectivity index (χ2n) is 10.6. The summed E-state index contributed by atoms with van der Waals surface area (Å²) >= 11 is 0. The van der Waals surface area contributed by atoms with E-state index in [1.54, 1.807) is 18.5 Å². The fourth-order valence-corrected chi connectivity index (χ4v) is 5.89. The molecule has 196 valence electrons. The number of benzene rings is 1. The van der Waals surface area contributed by atoms with Gasteiger partial charge in [-0.1, -0.05) is 0 Å². The minimum Gasteiger partial charge on any atom is -0.326 e. The number of nitrogens with zero attached hydrogens (tertiary/aromatic N) is 6. The maximum Gasteiger partial charge on any atom is 0.228 e. The lowest BCUT2D eigenvalue weighted by Gasteiger charge is -2.30. The zero-order valence-electron chi connectivity index (χ0n) is 21.6. The second-order valence-corrected chi connectivity index (χ2v) is 10.6. The molecule has 0 spiro atoms. The van der Waals surface area contributed by atoms with Crippen LogP contribution in [-0.2, 0) is 11.3 Å². The fourth-order valence-electron chi connectivity index (χ4n) is 5.89. The number of fused-ring (bicyclic) bond motifs is 3. The third kappa shape index (κ3) is 4.42. The number of aryl methyl sites for hydroxylation is 1. The summed E-state index contributed by atoms with van der Waals surface area (Å²) in [4.78, 5) is 31.7. The maximum atomic E-state index is 15.0. The zero-order valence-corrected chi connectivity index (χ0v) is 21.6. The van der Waals surface area contributed by atoms with Gasteiger partial charge in [-0.15, -0.1) is 0 Å². The van der Waals surface area contributed by atoms with Crippen LogP contribution in [0.2, 0.25) is 0 Å². The molecule has 2 fully saturated rings. The van der Waals surface area contributed by atoms with Crippen molar-refractivity contribution < 1.29 is 13.6 Å². The monoisotopic (exact) mass is 517 g/mol. The average molecular weight is 518 g/mol. The smallest absolute Gasteiger partial charge is 0.228 e. The molecule has 2 atom stereocenters. The van der Waals surface area contributed by atoms with Crippen LogP contribution in [-0.4, -0.2) is 48.3 Å². The van der Waals surface area contributed by atoms with Crippen LogP contribution >= 0.6 is 0 Å². The number of carbonyl (C=O) groups excluding carboxylic acids is 1. The van der Waals surface area contributed by atoms with Crippen LogP contribution in [0.4, 0.5) is 20.5 Å². The van der Waals surface area contributed by atoms with Crippen molar-refractivity contribution in [3.05, 3.63) is 59.8 Å². The molecule has 2 unspecified atom stereocenters. The number of aromatic nitrogens is 5. The van der Waals surface area contributed by atoms with Crippen molar-refractivity contribution in [3.8, 4) is 11.1 Å². The van der Waals surface area contributed by atoms with Gasteiger partial charge in [-0.3, -0.25) is 9.69 Å². The molecule has 1 aliphatic carbocycles. The first-order valence-electron chi connectivity index (χ1n) is 12.9. The van der Waals surface area contributed by atoms with Gasteiger partial charge in [0.1, 0.15) is 28.8 Å². The molecule has 1 N–H and O–H groups in total. The second kappa shape index (κ2) is 9.50. The van der Waals surface area contributed by atoms with Gasteiger partial charge in [-0.25, -0.2) is 28.7 Å². The van der Waals surface area contributed by atoms with E-state index in [2.05, 4.69) is 30.2 Å². The molecule has 1 aliphatic heterocycles. The van der Waals surface area contributed by atoms with Gasteiger partial charge in [-0.05, 0) is 57.4 Å². The number of pyridine rings is 1. The van der Waals surface area contributed by atoms with Gasteiger partial charge in [-0.2, -0.15) is 0 Å². The molecule has 10 heteroatoms. The van der Waals surface area contributed by atoms with Crippen LogP contribution < -0.4 is 5.32 Å². The van der Waals surface area contributed by atoms with Crippen LogP contribution in [0.1, 0.15) is 44.1 Å². The highest BCUT2D eigenvalue weighted by atomic mass is 19.1. The quantitative estimate of drug-likeness (QED) is 0.376. The molecule has 0 radical (unpaired) electrons. The number of halogens is 2. The van der Waals surface area contributed by atoms with Gasteiger partial charge in [0.05, 0.1) is 11.7 Å². The molecule has 1 saturated heterocycles. The molecule has 38 heavy (non-hydrogen) atoms. The molecule has 3 aromatic heterocycles. The molecule has 0 amide bonds. The van der Waals surface area contributed by atoms with E-state index in [9.17, 15) is 13.6 Å². The van der Waals surface area contributed by atoms with Gasteiger partial charge in [0, 0.05) is 61.0 Å². The molecule has 8 nitrogen and oxygen atoms in total. The van der Waals surface area contributed by atoms with Crippen LogP contribution in [0.15, 0.2) is 36.8 Å². The number of piperidine rings is 1. The Hall–Kier alpha value is -3.79. The zero-order chi connectivity index (χ0) is 26.6. The number of likely N-dealkylation sites (tertiary alicyclic amines) is 1. The van der Waals surface area contributed by atoms with Crippen LogP contribution in [0, 0.1) is 30.4 Å². The number of anilines is 2. The number of hydrogen-bond acceptors (Lipinski definition) is 7. The summed E-state index contributed by atoms with van der Waals surface area (Å²) < 4.78 is 31.8.